The molecule has 0 saturated carbocycles. The summed E-state index contributed by atoms with van der Waals surface area (Å²) >= 11 is 3.08. The van der Waals surface area contributed by atoms with Gasteiger partial charge in [0.1, 0.15) is 11.0 Å². The van der Waals surface area contributed by atoms with E-state index in [-0.39, 0.29) is 18.0 Å². The third-order valence-electron chi connectivity index (χ3n) is 2.82. The van der Waals surface area contributed by atoms with Crippen molar-refractivity contribution >= 4 is 33.2 Å². The largest absolute Gasteiger partial charge is 0.398 e. The average Bonchev–Trinajstić information content (AvgIpc) is 2.40. The van der Waals surface area contributed by atoms with Crippen molar-refractivity contribution in [3.05, 3.63) is 51.1 Å². The standard InChI is InChI=1S/C13H13BrN4O2/c1-8-10(15)3-2-4-11(8)17-12(19)6-18-7-16-5-9(14)13(18)20/h2-5,7H,6,15H2,1H3,(H,17,19). The molecule has 2 aromatic rings. The second kappa shape index (κ2) is 5.87. The number of amides is 1. The number of benzene rings is 1. The first-order valence-electron chi connectivity index (χ1n) is 5.84. The van der Waals surface area contributed by atoms with Gasteiger partial charge in [-0.15, -0.1) is 0 Å². The Hall–Kier alpha value is -2.15. The molecule has 0 radical (unpaired) electrons. The van der Waals surface area contributed by atoms with Crippen LogP contribution >= 0.6 is 15.9 Å². The molecule has 0 aliphatic carbocycles. The number of halogens is 1. The zero-order chi connectivity index (χ0) is 14.7. The first kappa shape index (κ1) is 14.3. The molecular weight excluding hydrogens is 324 g/mol. The summed E-state index contributed by atoms with van der Waals surface area (Å²) in [6.45, 7) is 1.71. The maximum absolute atomic E-state index is 12.0. The van der Waals surface area contributed by atoms with E-state index in [2.05, 4.69) is 26.2 Å². The van der Waals surface area contributed by atoms with Crippen LogP contribution in [0.1, 0.15) is 5.56 Å². The molecule has 3 N–H and O–H groups in total. The first-order chi connectivity index (χ1) is 9.49. The van der Waals surface area contributed by atoms with E-state index in [9.17, 15) is 9.59 Å². The van der Waals surface area contributed by atoms with Crippen LogP contribution in [0.5, 0.6) is 0 Å². The highest BCUT2D eigenvalue weighted by atomic mass is 79.9. The summed E-state index contributed by atoms with van der Waals surface area (Å²) in [5.74, 6) is -0.319. The van der Waals surface area contributed by atoms with E-state index in [0.29, 0.717) is 15.8 Å². The average molecular weight is 337 g/mol. The van der Waals surface area contributed by atoms with Crippen LogP contribution in [0.3, 0.4) is 0 Å². The molecular formula is C13H13BrN4O2. The fraction of sp³-hybridized carbons (Fsp3) is 0.154. The number of nitrogens with two attached hydrogens (primary N) is 1. The Bertz CT molecular complexity index is 712. The van der Waals surface area contributed by atoms with E-state index >= 15 is 0 Å². The lowest BCUT2D eigenvalue weighted by atomic mass is 10.1. The Kier molecular flexibility index (Phi) is 4.19. The Labute approximate surface area is 123 Å². The number of carbonyl (C=O) groups excluding carboxylic acids is 1. The molecule has 0 unspecified atom stereocenters. The molecule has 7 heteroatoms. The molecule has 0 spiro atoms. The molecule has 6 nitrogen and oxygen atoms in total. The molecule has 1 amide bonds. The van der Waals surface area contributed by atoms with Crippen molar-refractivity contribution in [2.75, 3.05) is 11.1 Å². The van der Waals surface area contributed by atoms with Crippen LogP contribution in [0, 0.1) is 6.92 Å². The zero-order valence-corrected chi connectivity index (χ0v) is 12.3. The summed E-state index contributed by atoms with van der Waals surface area (Å²) in [6, 6.07) is 5.27. The number of nitrogen functional groups attached to an aromatic ring is 1. The van der Waals surface area contributed by atoms with Gasteiger partial charge < -0.3 is 11.1 Å². The maximum atomic E-state index is 12.0. The minimum atomic E-state index is -0.319. The monoisotopic (exact) mass is 336 g/mol. The van der Waals surface area contributed by atoms with Crippen molar-refractivity contribution in [2.45, 2.75) is 13.5 Å². The summed E-state index contributed by atoms with van der Waals surface area (Å²) in [5.41, 5.74) is 7.49. The number of nitrogens with one attached hydrogen (secondary N) is 1. The molecule has 1 heterocycles. The molecule has 1 aromatic carbocycles. The molecule has 0 atom stereocenters. The normalized spacial score (nSPS) is 10.3. The van der Waals surface area contributed by atoms with Gasteiger partial charge in [0.05, 0.1) is 6.33 Å². The van der Waals surface area contributed by atoms with Crippen molar-refractivity contribution in [1.82, 2.24) is 9.55 Å². The predicted molar refractivity (Wildman–Crippen MR) is 80.4 cm³/mol. The molecule has 0 saturated heterocycles. The van der Waals surface area contributed by atoms with Crippen LogP contribution in [0.15, 0.2) is 40.0 Å². The highest BCUT2D eigenvalue weighted by Crippen LogP contribution is 2.20. The third-order valence-corrected chi connectivity index (χ3v) is 3.37. The fourth-order valence-corrected chi connectivity index (χ4v) is 2.02. The van der Waals surface area contributed by atoms with Gasteiger partial charge in [-0.3, -0.25) is 14.2 Å². The number of rotatable bonds is 3. The lowest BCUT2D eigenvalue weighted by Gasteiger charge is -2.11. The second-order valence-electron chi connectivity index (χ2n) is 4.24. The summed E-state index contributed by atoms with van der Waals surface area (Å²) in [7, 11) is 0. The fourth-order valence-electron chi connectivity index (χ4n) is 1.67. The maximum Gasteiger partial charge on any atom is 0.268 e. The summed E-state index contributed by atoms with van der Waals surface area (Å²) in [4.78, 5) is 27.6. The van der Waals surface area contributed by atoms with E-state index in [1.807, 2.05) is 6.92 Å². The van der Waals surface area contributed by atoms with E-state index in [1.165, 1.54) is 17.1 Å². The zero-order valence-electron chi connectivity index (χ0n) is 10.8. The molecule has 20 heavy (non-hydrogen) atoms. The molecule has 104 valence electrons. The third kappa shape index (κ3) is 3.05. The van der Waals surface area contributed by atoms with E-state index in [1.54, 1.807) is 18.2 Å². The first-order valence-corrected chi connectivity index (χ1v) is 6.63. The smallest absolute Gasteiger partial charge is 0.268 e. The number of aromatic nitrogens is 2. The Balaban J connectivity index is 2.15. The number of hydrogen-bond acceptors (Lipinski definition) is 4. The molecule has 2 rings (SSSR count). The van der Waals surface area contributed by atoms with E-state index in [0.717, 1.165) is 5.56 Å². The van der Waals surface area contributed by atoms with Gasteiger partial charge in [-0.25, -0.2) is 4.98 Å². The minimum absolute atomic E-state index is 0.112. The number of hydrogen-bond donors (Lipinski definition) is 2. The van der Waals surface area contributed by atoms with Gasteiger partial charge in [-0.05, 0) is 40.5 Å². The molecule has 0 bridgehead atoms. The number of nitrogens with zero attached hydrogens (tertiary/aromatic N) is 2. The summed E-state index contributed by atoms with van der Waals surface area (Å²) in [5, 5.41) is 2.72. The Morgan fingerprint density at radius 1 is 1.50 bits per heavy atom. The molecule has 0 fully saturated rings. The van der Waals surface area contributed by atoms with Crippen LogP contribution in [-0.4, -0.2) is 15.5 Å². The summed E-state index contributed by atoms with van der Waals surface area (Å²) < 4.78 is 1.54. The lowest BCUT2D eigenvalue weighted by Crippen LogP contribution is -2.28. The minimum Gasteiger partial charge on any atom is -0.398 e. The van der Waals surface area contributed by atoms with Crippen LogP contribution in [0.4, 0.5) is 11.4 Å². The van der Waals surface area contributed by atoms with Gasteiger partial charge >= 0.3 is 0 Å². The summed E-state index contributed by atoms with van der Waals surface area (Å²) in [6.07, 6.45) is 2.71. The van der Waals surface area contributed by atoms with E-state index < -0.39 is 0 Å². The number of anilines is 2. The van der Waals surface area contributed by atoms with Gasteiger partial charge in [0, 0.05) is 17.6 Å². The topological polar surface area (TPSA) is 90.0 Å². The Morgan fingerprint density at radius 2 is 2.25 bits per heavy atom. The van der Waals surface area contributed by atoms with Gasteiger partial charge in [-0.1, -0.05) is 6.07 Å². The quantitative estimate of drug-likeness (QED) is 0.832. The predicted octanol–water partition coefficient (Wildman–Crippen LogP) is 1.54. The van der Waals surface area contributed by atoms with Crippen molar-refractivity contribution in [3.8, 4) is 0 Å². The highest BCUT2D eigenvalue weighted by Gasteiger charge is 2.09. The second-order valence-corrected chi connectivity index (χ2v) is 5.10. The SMILES string of the molecule is Cc1c(N)cccc1NC(=O)Cn1cncc(Br)c1=O. The number of carbonyl (C=O) groups is 1. The van der Waals surface area contributed by atoms with Crippen molar-refractivity contribution < 1.29 is 4.79 Å². The van der Waals surface area contributed by atoms with Gasteiger partial charge in [0.25, 0.3) is 5.56 Å². The van der Waals surface area contributed by atoms with Gasteiger partial charge in [0.2, 0.25) is 5.91 Å². The molecule has 1 aromatic heterocycles. The van der Waals surface area contributed by atoms with E-state index in [4.69, 9.17) is 5.73 Å². The van der Waals surface area contributed by atoms with Crippen molar-refractivity contribution in [2.24, 2.45) is 0 Å². The van der Waals surface area contributed by atoms with Crippen LogP contribution < -0.4 is 16.6 Å². The lowest BCUT2D eigenvalue weighted by molar-refractivity contribution is -0.116. The molecule has 0 aliphatic heterocycles. The Morgan fingerprint density at radius 3 is 3.00 bits per heavy atom. The van der Waals surface area contributed by atoms with Crippen LogP contribution in [-0.2, 0) is 11.3 Å². The van der Waals surface area contributed by atoms with Crippen LogP contribution in [0.25, 0.3) is 0 Å². The van der Waals surface area contributed by atoms with Crippen LogP contribution in [0.2, 0.25) is 0 Å². The molecule has 0 aliphatic rings. The highest BCUT2D eigenvalue weighted by molar-refractivity contribution is 9.10. The van der Waals surface area contributed by atoms with Gasteiger partial charge in [-0.2, -0.15) is 0 Å². The van der Waals surface area contributed by atoms with Gasteiger partial charge in [0.15, 0.2) is 0 Å². The van der Waals surface area contributed by atoms with Crippen molar-refractivity contribution in [3.63, 3.8) is 0 Å². The van der Waals surface area contributed by atoms with Crippen molar-refractivity contribution in [1.29, 1.82) is 0 Å².